The zero-order valence-electron chi connectivity index (χ0n) is 13.6. The summed E-state index contributed by atoms with van der Waals surface area (Å²) in [5.41, 5.74) is 1.31. The molecule has 5 nitrogen and oxygen atoms in total. The van der Waals surface area contributed by atoms with Crippen LogP contribution >= 0.6 is 15.9 Å². The zero-order valence-corrected chi connectivity index (χ0v) is 16.0. The number of ketones is 1. The first kappa shape index (κ1) is 19.6. The van der Waals surface area contributed by atoms with Gasteiger partial charge in [0.15, 0.2) is 5.78 Å². The summed E-state index contributed by atoms with van der Waals surface area (Å²) in [5, 5.41) is 0. The van der Waals surface area contributed by atoms with Crippen LogP contribution in [-0.2, 0) is 19.6 Å². The summed E-state index contributed by atoms with van der Waals surface area (Å²) in [7, 11) is -3.91. The van der Waals surface area contributed by atoms with Gasteiger partial charge in [-0.25, -0.2) is 0 Å². The molecule has 0 aromatic heterocycles. The lowest BCUT2D eigenvalue weighted by atomic mass is 10.2. The van der Waals surface area contributed by atoms with E-state index in [0.717, 1.165) is 5.56 Å². The van der Waals surface area contributed by atoms with Gasteiger partial charge in [-0.2, -0.15) is 8.42 Å². The molecule has 0 radical (unpaired) electrons. The first-order valence-corrected chi connectivity index (χ1v) is 9.40. The lowest BCUT2D eigenvalue weighted by Crippen LogP contribution is -2.13. The van der Waals surface area contributed by atoms with Crippen LogP contribution in [0.4, 0.5) is 0 Å². The molecule has 0 N–H and O–H groups in total. The van der Waals surface area contributed by atoms with Crippen molar-refractivity contribution < 1.29 is 17.9 Å². The molecule has 0 amide bonds. The SMILES string of the molecule is CCOC(=N/S(=O)(=O)c1ccc(C)cc1)/C(C)=C(/Br)C(=O)CC. The number of ether oxygens (including phenoxy) is 1. The highest BCUT2D eigenvalue weighted by Gasteiger charge is 2.19. The van der Waals surface area contributed by atoms with Crippen molar-refractivity contribution in [2.24, 2.45) is 4.40 Å². The Bertz CT molecular complexity index is 734. The number of halogens is 1. The molecule has 0 spiro atoms. The van der Waals surface area contributed by atoms with Crippen LogP contribution in [0.2, 0.25) is 0 Å². The molecule has 7 heteroatoms. The van der Waals surface area contributed by atoms with Crippen molar-refractivity contribution in [1.29, 1.82) is 0 Å². The van der Waals surface area contributed by atoms with Crippen LogP contribution in [0.3, 0.4) is 0 Å². The van der Waals surface area contributed by atoms with E-state index in [1.54, 1.807) is 32.9 Å². The predicted molar refractivity (Wildman–Crippen MR) is 94.4 cm³/mol. The number of Topliss-reactive ketones (excluding diaryl/α,β-unsaturated/α-hetero) is 1. The van der Waals surface area contributed by atoms with Gasteiger partial charge in [0.05, 0.1) is 16.0 Å². The maximum atomic E-state index is 12.4. The van der Waals surface area contributed by atoms with Gasteiger partial charge in [0.1, 0.15) is 0 Å². The number of rotatable bonds is 6. The van der Waals surface area contributed by atoms with Gasteiger partial charge in [-0.05, 0) is 48.8 Å². The Morgan fingerprint density at radius 1 is 1.22 bits per heavy atom. The van der Waals surface area contributed by atoms with E-state index in [4.69, 9.17) is 4.74 Å². The van der Waals surface area contributed by atoms with Gasteiger partial charge in [0.2, 0.25) is 5.90 Å². The Morgan fingerprint density at radius 3 is 2.26 bits per heavy atom. The molecule has 0 bridgehead atoms. The molecule has 0 saturated carbocycles. The quantitative estimate of drug-likeness (QED) is 0.413. The standard InChI is InChI=1S/C16H20BrNO4S/c1-5-14(19)15(17)12(4)16(22-6-2)18-23(20,21)13-9-7-11(3)8-10-13/h7-10H,5-6H2,1-4H3/b15-12+,18-16+. The fourth-order valence-electron chi connectivity index (χ4n) is 1.67. The van der Waals surface area contributed by atoms with E-state index in [9.17, 15) is 13.2 Å². The van der Waals surface area contributed by atoms with E-state index in [2.05, 4.69) is 20.3 Å². The van der Waals surface area contributed by atoms with Gasteiger partial charge in [-0.3, -0.25) is 4.79 Å². The highest BCUT2D eigenvalue weighted by Crippen LogP contribution is 2.20. The van der Waals surface area contributed by atoms with Crippen LogP contribution in [0.1, 0.15) is 32.8 Å². The number of aryl methyl sites for hydroxylation is 1. The molecule has 1 rings (SSSR count). The van der Waals surface area contributed by atoms with Crippen LogP contribution in [0.25, 0.3) is 0 Å². The molecular weight excluding hydrogens is 382 g/mol. The number of carbonyl (C=O) groups is 1. The second kappa shape index (κ2) is 8.40. The molecule has 1 aromatic carbocycles. The smallest absolute Gasteiger partial charge is 0.285 e. The summed E-state index contributed by atoms with van der Waals surface area (Å²) in [5.74, 6) is -0.232. The van der Waals surface area contributed by atoms with Gasteiger partial charge < -0.3 is 4.74 Å². The maximum Gasteiger partial charge on any atom is 0.285 e. The molecular formula is C16H20BrNO4S. The molecule has 0 heterocycles. The minimum absolute atomic E-state index is 0.0750. The van der Waals surface area contributed by atoms with Crippen molar-refractivity contribution in [1.82, 2.24) is 0 Å². The second-order valence-corrected chi connectivity index (χ2v) is 7.23. The van der Waals surface area contributed by atoms with Gasteiger partial charge in [0, 0.05) is 12.0 Å². The van der Waals surface area contributed by atoms with Crippen molar-refractivity contribution in [2.45, 2.75) is 39.0 Å². The van der Waals surface area contributed by atoms with E-state index < -0.39 is 10.0 Å². The molecule has 0 atom stereocenters. The van der Waals surface area contributed by atoms with Crippen molar-refractivity contribution in [3.63, 3.8) is 0 Å². The number of nitrogens with zero attached hydrogens (tertiary/aromatic N) is 1. The third-order valence-corrected chi connectivity index (χ3v) is 5.33. The third kappa shape index (κ3) is 5.28. The topological polar surface area (TPSA) is 72.8 Å². The van der Waals surface area contributed by atoms with Crippen LogP contribution in [-0.4, -0.2) is 26.7 Å². The Kier molecular flexibility index (Phi) is 7.15. The van der Waals surface area contributed by atoms with Gasteiger partial charge in [0.25, 0.3) is 10.0 Å². The highest BCUT2D eigenvalue weighted by molar-refractivity contribution is 9.12. The van der Waals surface area contributed by atoms with Crippen LogP contribution < -0.4 is 0 Å². The fourth-order valence-corrected chi connectivity index (χ4v) is 3.11. The van der Waals surface area contributed by atoms with E-state index in [0.29, 0.717) is 12.0 Å². The molecule has 0 aliphatic rings. The Balaban J connectivity index is 3.36. The number of allylic oxidation sites excluding steroid dienone is 1. The first-order valence-electron chi connectivity index (χ1n) is 7.17. The summed E-state index contributed by atoms with van der Waals surface area (Å²) >= 11 is 3.19. The van der Waals surface area contributed by atoms with Gasteiger partial charge in [-0.1, -0.05) is 24.6 Å². The fraction of sp³-hybridized carbons (Fsp3) is 0.375. The van der Waals surface area contributed by atoms with E-state index in [-0.39, 0.29) is 27.7 Å². The molecule has 1 aromatic rings. The lowest BCUT2D eigenvalue weighted by molar-refractivity contribution is -0.114. The van der Waals surface area contributed by atoms with Crippen molar-refractivity contribution in [3.8, 4) is 0 Å². The summed E-state index contributed by atoms with van der Waals surface area (Å²) in [6.45, 7) is 7.14. The Labute approximate surface area is 145 Å². The number of hydrogen-bond acceptors (Lipinski definition) is 4. The monoisotopic (exact) mass is 401 g/mol. The summed E-state index contributed by atoms with van der Waals surface area (Å²) in [4.78, 5) is 11.8. The zero-order chi connectivity index (χ0) is 17.6. The normalized spacial score (nSPS) is 13.5. The van der Waals surface area contributed by atoms with E-state index in [1.807, 2.05) is 6.92 Å². The largest absolute Gasteiger partial charge is 0.477 e. The Morgan fingerprint density at radius 2 is 1.78 bits per heavy atom. The Hall–Kier alpha value is -1.47. The molecule has 126 valence electrons. The summed E-state index contributed by atoms with van der Waals surface area (Å²) in [6, 6.07) is 6.37. The number of carbonyl (C=O) groups excluding carboxylic acids is 1. The number of benzene rings is 1. The van der Waals surface area contributed by atoms with Crippen molar-refractivity contribution in [3.05, 3.63) is 39.9 Å². The van der Waals surface area contributed by atoms with Crippen LogP contribution in [0.15, 0.2) is 43.6 Å². The third-order valence-electron chi connectivity index (χ3n) is 3.02. The van der Waals surface area contributed by atoms with Gasteiger partial charge >= 0.3 is 0 Å². The van der Waals surface area contributed by atoms with Crippen molar-refractivity contribution in [2.75, 3.05) is 6.61 Å². The first-order chi connectivity index (χ1) is 10.7. The van der Waals surface area contributed by atoms with Crippen LogP contribution in [0, 0.1) is 6.92 Å². The molecule has 0 saturated heterocycles. The highest BCUT2D eigenvalue weighted by atomic mass is 79.9. The van der Waals surface area contributed by atoms with Crippen molar-refractivity contribution >= 4 is 37.6 Å². The average molecular weight is 402 g/mol. The maximum absolute atomic E-state index is 12.4. The lowest BCUT2D eigenvalue weighted by Gasteiger charge is -2.10. The number of hydrogen-bond donors (Lipinski definition) is 0. The molecule has 0 fully saturated rings. The summed E-state index contributed by atoms with van der Waals surface area (Å²) < 4.78 is 34.2. The van der Waals surface area contributed by atoms with Crippen LogP contribution in [0.5, 0.6) is 0 Å². The molecule has 0 aliphatic carbocycles. The minimum atomic E-state index is -3.91. The number of sulfonamides is 1. The molecule has 0 aliphatic heterocycles. The van der Waals surface area contributed by atoms with E-state index >= 15 is 0 Å². The molecule has 0 unspecified atom stereocenters. The molecule has 23 heavy (non-hydrogen) atoms. The predicted octanol–water partition coefficient (Wildman–Crippen LogP) is 3.77. The van der Waals surface area contributed by atoms with E-state index in [1.165, 1.54) is 12.1 Å². The average Bonchev–Trinajstić information content (AvgIpc) is 2.52. The second-order valence-electron chi connectivity index (χ2n) is 4.83. The minimum Gasteiger partial charge on any atom is -0.477 e. The summed E-state index contributed by atoms with van der Waals surface area (Å²) in [6.07, 6.45) is 0.294. The van der Waals surface area contributed by atoms with Gasteiger partial charge in [-0.15, -0.1) is 4.40 Å².